The highest BCUT2D eigenvalue weighted by Crippen LogP contribution is 1.91. The molecule has 7 nitrogen and oxygen atoms in total. The van der Waals surface area contributed by atoms with Gasteiger partial charge in [0.05, 0.1) is 6.61 Å². The van der Waals surface area contributed by atoms with Crippen molar-refractivity contribution in [3.05, 3.63) is 0 Å². The molecule has 0 aliphatic carbocycles. The molecule has 0 aromatic heterocycles. The number of rotatable bonds is 12. The van der Waals surface area contributed by atoms with Gasteiger partial charge in [-0.15, -0.1) is 0 Å². The lowest BCUT2D eigenvalue weighted by atomic mass is 10.3. The molecule has 0 spiro atoms. The number of esters is 1. The van der Waals surface area contributed by atoms with Crippen molar-refractivity contribution < 1.29 is 14.3 Å². The van der Waals surface area contributed by atoms with E-state index in [1.165, 1.54) is 0 Å². The van der Waals surface area contributed by atoms with Crippen LogP contribution in [-0.4, -0.2) is 77.4 Å². The van der Waals surface area contributed by atoms with Crippen molar-refractivity contribution in [1.29, 1.82) is 0 Å². The Bertz CT molecular complexity index is 311. The van der Waals surface area contributed by atoms with E-state index in [9.17, 15) is 4.79 Å². The number of aliphatic imine (C=N–C) groups is 1. The third-order valence-corrected chi connectivity index (χ3v) is 3.05. The number of ether oxygens (including phenoxy) is 2. The number of guanidine groups is 1. The topological polar surface area (TPSA) is 75.2 Å². The lowest BCUT2D eigenvalue weighted by molar-refractivity contribution is -0.143. The zero-order chi connectivity index (χ0) is 16.6. The highest BCUT2D eigenvalue weighted by Gasteiger charge is 2.03. The molecule has 0 atom stereocenters. The van der Waals surface area contributed by atoms with Crippen molar-refractivity contribution in [2.24, 2.45) is 4.99 Å². The van der Waals surface area contributed by atoms with E-state index in [0.717, 1.165) is 45.0 Å². The van der Waals surface area contributed by atoms with Gasteiger partial charge in [-0.3, -0.25) is 9.79 Å². The van der Waals surface area contributed by atoms with Crippen LogP contribution in [0.4, 0.5) is 0 Å². The first kappa shape index (κ1) is 20.7. The van der Waals surface area contributed by atoms with E-state index < -0.39 is 0 Å². The van der Waals surface area contributed by atoms with Crippen molar-refractivity contribution in [3.63, 3.8) is 0 Å². The summed E-state index contributed by atoms with van der Waals surface area (Å²) in [4.78, 5) is 17.6. The summed E-state index contributed by atoms with van der Waals surface area (Å²) in [6.45, 7) is 6.51. The van der Waals surface area contributed by atoms with Crippen LogP contribution in [0.1, 0.15) is 26.2 Å². The third-order valence-electron chi connectivity index (χ3n) is 3.05. The number of nitrogens with one attached hydrogen (secondary N) is 2. The molecule has 0 radical (unpaired) electrons. The van der Waals surface area contributed by atoms with Gasteiger partial charge in [0, 0.05) is 53.4 Å². The third kappa shape index (κ3) is 12.4. The van der Waals surface area contributed by atoms with Crippen LogP contribution in [0, 0.1) is 0 Å². The Hall–Kier alpha value is -1.34. The van der Waals surface area contributed by atoms with E-state index in [4.69, 9.17) is 9.47 Å². The van der Waals surface area contributed by atoms with Crippen molar-refractivity contribution in [3.8, 4) is 0 Å². The Labute approximate surface area is 134 Å². The second-order valence-corrected chi connectivity index (χ2v) is 4.98. The standard InChI is InChI=1S/C15H32N4O3/c1-5-22-14(20)8-6-9-17-15(16-2)18-10-12-19(3)11-7-13-21-4/h5-13H2,1-4H3,(H2,16,17,18). The number of carbonyl (C=O) groups excluding carboxylic acids is 1. The first-order valence-electron chi connectivity index (χ1n) is 7.91. The summed E-state index contributed by atoms with van der Waals surface area (Å²) in [7, 11) is 5.55. The summed E-state index contributed by atoms with van der Waals surface area (Å²) in [6, 6.07) is 0. The fourth-order valence-electron chi connectivity index (χ4n) is 1.85. The first-order chi connectivity index (χ1) is 10.6. The van der Waals surface area contributed by atoms with Crippen LogP contribution in [0.15, 0.2) is 4.99 Å². The van der Waals surface area contributed by atoms with Crippen molar-refractivity contribution >= 4 is 11.9 Å². The molecule has 0 aliphatic rings. The molecule has 7 heteroatoms. The molecule has 130 valence electrons. The van der Waals surface area contributed by atoms with Gasteiger partial charge in [0.15, 0.2) is 5.96 Å². The van der Waals surface area contributed by atoms with Crippen LogP contribution in [-0.2, 0) is 14.3 Å². The summed E-state index contributed by atoms with van der Waals surface area (Å²) in [6.07, 6.45) is 2.20. The SMILES string of the molecule is CCOC(=O)CCCNC(=NC)NCCN(C)CCCOC. The average Bonchev–Trinajstić information content (AvgIpc) is 2.50. The van der Waals surface area contributed by atoms with Gasteiger partial charge in [-0.25, -0.2) is 0 Å². The fraction of sp³-hybridized carbons (Fsp3) is 0.867. The van der Waals surface area contributed by atoms with Gasteiger partial charge in [0.1, 0.15) is 0 Å². The highest BCUT2D eigenvalue weighted by atomic mass is 16.5. The van der Waals surface area contributed by atoms with E-state index in [0.29, 0.717) is 19.6 Å². The number of carbonyl (C=O) groups is 1. The Morgan fingerprint density at radius 3 is 2.55 bits per heavy atom. The Kier molecular flexibility index (Phi) is 13.7. The van der Waals surface area contributed by atoms with E-state index >= 15 is 0 Å². The molecule has 2 N–H and O–H groups in total. The zero-order valence-electron chi connectivity index (χ0n) is 14.5. The van der Waals surface area contributed by atoms with E-state index in [-0.39, 0.29) is 5.97 Å². The molecule has 0 fully saturated rings. The minimum Gasteiger partial charge on any atom is -0.466 e. The Morgan fingerprint density at radius 2 is 1.91 bits per heavy atom. The molecule has 0 aliphatic heterocycles. The van der Waals surface area contributed by atoms with E-state index in [1.54, 1.807) is 14.2 Å². The molecule has 0 rings (SSSR count). The van der Waals surface area contributed by atoms with Crippen LogP contribution in [0.5, 0.6) is 0 Å². The number of nitrogens with zero attached hydrogens (tertiary/aromatic N) is 2. The van der Waals surface area contributed by atoms with E-state index in [1.807, 2.05) is 6.92 Å². The van der Waals surface area contributed by atoms with Gasteiger partial charge in [-0.2, -0.15) is 0 Å². The minimum absolute atomic E-state index is 0.148. The maximum absolute atomic E-state index is 11.2. The quantitative estimate of drug-likeness (QED) is 0.236. The normalized spacial score (nSPS) is 11.6. The molecule has 0 aromatic carbocycles. The summed E-state index contributed by atoms with van der Waals surface area (Å²) in [5.74, 6) is 0.610. The molecular formula is C15H32N4O3. The van der Waals surface area contributed by atoms with Crippen molar-refractivity contribution in [1.82, 2.24) is 15.5 Å². The predicted octanol–water partition coefficient (Wildman–Crippen LogP) is 0.463. The van der Waals surface area contributed by atoms with Crippen LogP contribution >= 0.6 is 0 Å². The smallest absolute Gasteiger partial charge is 0.305 e. The van der Waals surface area contributed by atoms with Crippen LogP contribution < -0.4 is 10.6 Å². The number of methoxy groups -OCH3 is 1. The predicted molar refractivity (Wildman–Crippen MR) is 89.2 cm³/mol. The molecule has 0 bridgehead atoms. The van der Waals surface area contributed by atoms with Crippen LogP contribution in [0.3, 0.4) is 0 Å². The average molecular weight is 316 g/mol. The Balaban J connectivity index is 3.65. The number of hydrogen-bond donors (Lipinski definition) is 2. The maximum atomic E-state index is 11.2. The van der Waals surface area contributed by atoms with Gasteiger partial charge in [-0.05, 0) is 26.8 Å². The van der Waals surface area contributed by atoms with Crippen molar-refractivity contribution in [2.45, 2.75) is 26.2 Å². The van der Waals surface area contributed by atoms with Crippen molar-refractivity contribution in [2.75, 3.05) is 60.6 Å². The lowest BCUT2D eigenvalue weighted by Gasteiger charge is -2.18. The van der Waals surface area contributed by atoms with Gasteiger partial charge >= 0.3 is 5.97 Å². The molecule has 0 saturated heterocycles. The summed E-state index contributed by atoms with van der Waals surface area (Å²) >= 11 is 0. The fourth-order valence-corrected chi connectivity index (χ4v) is 1.85. The largest absolute Gasteiger partial charge is 0.466 e. The first-order valence-corrected chi connectivity index (χ1v) is 7.91. The second kappa shape index (κ2) is 14.6. The monoisotopic (exact) mass is 316 g/mol. The van der Waals surface area contributed by atoms with E-state index in [2.05, 4.69) is 27.6 Å². The second-order valence-electron chi connectivity index (χ2n) is 4.98. The molecule has 0 amide bonds. The highest BCUT2D eigenvalue weighted by molar-refractivity contribution is 5.79. The molecule has 22 heavy (non-hydrogen) atoms. The van der Waals surface area contributed by atoms with Crippen LogP contribution in [0.2, 0.25) is 0 Å². The van der Waals surface area contributed by atoms with Gasteiger partial charge in [0.2, 0.25) is 0 Å². The molecular weight excluding hydrogens is 284 g/mol. The maximum Gasteiger partial charge on any atom is 0.305 e. The lowest BCUT2D eigenvalue weighted by Crippen LogP contribution is -2.41. The number of hydrogen-bond acceptors (Lipinski definition) is 5. The molecule has 0 saturated carbocycles. The van der Waals surface area contributed by atoms with Gasteiger partial charge < -0.3 is 25.0 Å². The summed E-state index contributed by atoms with van der Waals surface area (Å²) in [5, 5.41) is 6.44. The Morgan fingerprint density at radius 1 is 1.18 bits per heavy atom. The summed E-state index contributed by atoms with van der Waals surface area (Å²) in [5.41, 5.74) is 0. The zero-order valence-corrected chi connectivity index (χ0v) is 14.5. The van der Waals surface area contributed by atoms with Gasteiger partial charge in [0.25, 0.3) is 0 Å². The number of likely N-dealkylation sites (N-methyl/N-ethyl adjacent to an activating group) is 1. The minimum atomic E-state index is -0.148. The molecule has 0 aromatic rings. The molecule has 0 unspecified atom stereocenters. The molecule has 0 heterocycles. The van der Waals surface area contributed by atoms with Gasteiger partial charge in [-0.1, -0.05) is 0 Å². The van der Waals surface area contributed by atoms with Crippen LogP contribution in [0.25, 0.3) is 0 Å². The summed E-state index contributed by atoms with van der Waals surface area (Å²) < 4.78 is 9.91.